The second-order valence-corrected chi connectivity index (χ2v) is 7.43. The molecule has 0 saturated carbocycles. The van der Waals surface area contributed by atoms with Crippen LogP contribution in [0.15, 0.2) is 58.7 Å². The van der Waals surface area contributed by atoms with Crippen molar-refractivity contribution in [3.8, 4) is 0 Å². The molecule has 1 aliphatic rings. The Morgan fingerprint density at radius 3 is 2.57 bits per heavy atom. The lowest BCUT2D eigenvalue weighted by Gasteiger charge is -2.20. The molecule has 30 heavy (non-hydrogen) atoms. The van der Waals surface area contributed by atoms with Gasteiger partial charge < -0.3 is 14.3 Å². The number of hydrogen-bond acceptors (Lipinski definition) is 8. The molecule has 1 atom stereocenters. The van der Waals surface area contributed by atoms with Crippen molar-refractivity contribution in [1.29, 1.82) is 0 Å². The summed E-state index contributed by atoms with van der Waals surface area (Å²) in [5.74, 6) is -2.38. The number of thiazole rings is 1. The topological polar surface area (TPSA) is 110 Å². The fourth-order valence-electron chi connectivity index (χ4n) is 3.26. The second kappa shape index (κ2) is 7.60. The summed E-state index contributed by atoms with van der Waals surface area (Å²) < 4.78 is 10.2. The first kappa shape index (κ1) is 19.6. The molecule has 0 radical (unpaired) electrons. The van der Waals surface area contributed by atoms with Gasteiger partial charge >= 0.3 is 11.9 Å². The highest BCUT2D eigenvalue weighted by Crippen LogP contribution is 2.43. The summed E-state index contributed by atoms with van der Waals surface area (Å²) in [6, 6.07) is 10.6. The number of esters is 1. The van der Waals surface area contributed by atoms with Gasteiger partial charge in [0, 0.05) is 5.56 Å². The summed E-state index contributed by atoms with van der Waals surface area (Å²) in [7, 11) is 1.25. The Hall–Kier alpha value is -3.72. The van der Waals surface area contributed by atoms with E-state index in [4.69, 9.17) is 9.15 Å². The fraction of sp³-hybridized carbons (Fsp3) is 0.143. The lowest BCUT2D eigenvalue weighted by molar-refractivity contribution is -0.132. The first-order valence-electron chi connectivity index (χ1n) is 8.89. The molecule has 152 valence electrons. The van der Waals surface area contributed by atoms with E-state index in [0.29, 0.717) is 11.3 Å². The maximum atomic E-state index is 13.0. The number of rotatable bonds is 4. The van der Waals surface area contributed by atoms with Crippen LogP contribution in [0.25, 0.3) is 5.76 Å². The number of aliphatic hydroxyl groups excluding tert-OH is 1. The van der Waals surface area contributed by atoms with Crippen LogP contribution >= 0.6 is 11.3 Å². The number of aryl methyl sites for hydroxylation is 1. The molecule has 1 unspecified atom stereocenters. The predicted octanol–water partition coefficient (Wildman–Crippen LogP) is 3.46. The Kier molecular flexibility index (Phi) is 4.96. The third kappa shape index (κ3) is 3.09. The van der Waals surface area contributed by atoms with Crippen LogP contribution in [0.3, 0.4) is 0 Å². The minimum absolute atomic E-state index is 0.117. The first-order chi connectivity index (χ1) is 14.4. The van der Waals surface area contributed by atoms with Crippen LogP contribution in [0.2, 0.25) is 0 Å². The van der Waals surface area contributed by atoms with Crippen LogP contribution in [0.5, 0.6) is 0 Å². The maximum absolute atomic E-state index is 13.0. The number of amides is 1. The molecule has 1 aromatic carbocycles. The molecule has 1 aliphatic heterocycles. The highest BCUT2D eigenvalue weighted by atomic mass is 32.1. The molecule has 8 nitrogen and oxygen atoms in total. The van der Waals surface area contributed by atoms with Crippen molar-refractivity contribution in [2.24, 2.45) is 0 Å². The molecular weight excluding hydrogens is 408 g/mol. The van der Waals surface area contributed by atoms with Crippen LogP contribution in [-0.2, 0) is 14.3 Å². The minimum atomic E-state index is -1.03. The summed E-state index contributed by atoms with van der Waals surface area (Å²) in [6.45, 7) is 1.61. The number of anilines is 1. The molecule has 0 aliphatic carbocycles. The van der Waals surface area contributed by atoms with Gasteiger partial charge in [0.2, 0.25) is 0 Å². The van der Waals surface area contributed by atoms with Gasteiger partial charge in [-0.25, -0.2) is 9.78 Å². The van der Waals surface area contributed by atoms with Gasteiger partial charge in [0.05, 0.1) is 24.6 Å². The van der Waals surface area contributed by atoms with E-state index in [1.807, 2.05) is 0 Å². The zero-order valence-electron chi connectivity index (χ0n) is 16.0. The monoisotopic (exact) mass is 424 g/mol. The van der Waals surface area contributed by atoms with Gasteiger partial charge in [-0.1, -0.05) is 41.7 Å². The maximum Gasteiger partial charge on any atom is 0.350 e. The van der Waals surface area contributed by atoms with E-state index in [1.54, 1.807) is 49.4 Å². The smallest absolute Gasteiger partial charge is 0.350 e. The van der Waals surface area contributed by atoms with Crippen LogP contribution in [0.1, 0.15) is 32.7 Å². The number of furan rings is 1. The van der Waals surface area contributed by atoms with Crippen molar-refractivity contribution in [3.63, 3.8) is 0 Å². The van der Waals surface area contributed by atoms with Gasteiger partial charge in [-0.2, -0.15) is 0 Å². The van der Waals surface area contributed by atoms with E-state index in [-0.39, 0.29) is 27.1 Å². The molecule has 1 fully saturated rings. The third-order valence-corrected chi connectivity index (χ3v) is 5.80. The molecule has 2 aromatic heterocycles. The van der Waals surface area contributed by atoms with Gasteiger partial charge in [0.25, 0.3) is 5.78 Å². The number of ether oxygens (including phenoxy) is 1. The first-order valence-corrected chi connectivity index (χ1v) is 9.71. The van der Waals surface area contributed by atoms with Gasteiger partial charge in [-0.05, 0) is 19.1 Å². The number of hydrogen-bond donors (Lipinski definition) is 1. The summed E-state index contributed by atoms with van der Waals surface area (Å²) in [5, 5.41) is 11.0. The summed E-state index contributed by atoms with van der Waals surface area (Å²) in [6.07, 6.45) is 1.41. The Morgan fingerprint density at radius 2 is 1.93 bits per heavy atom. The number of carbonyl (C=O) groups excluding carboxylic acids is 3. The van der Waals surface area contributed by atoms with Crippen molar-refractivity contribution in [2.45, 2.75) is 13.0 Å². The van der Waals surface area contributed by atoms with Gasteiger partial charge in [0.15, 0.2) is 5.13 Å². The van der Waals surface area contributed by atoms with E-state index in [2.05, 4.69) is 4.98 Å². The Bertz CT molecular complexity index is 1160. The fourth-order valence-corrected chi connectivity index (χ4v) is 4.28. The lowest BCUT2D eigenvalue weighted by Crippen LogP contribution is -2.29. The molecule has 0 bridgehead atoms. The highest BCUT2D eigenvalue weighted by molar-refractivity contribution is 7.17. The molecule has 3 heterocycles. The molecular formula is C21H16N2O6S. The quantitative estimate of drug-likeness (QED) is 0.296. The van der Waals surface area contributed by atoms with Crippen molar-refractivity contribution in [2.75, 3.05) is 12.0 Å². The number of benzene rings is 1. The Balaban J connectivity index is 1.90. The van der Waals surface area contributed by atoms with Crippen molar-refractivity contribution >= 4 is 39.9 Å². The van der Waals surface area contributed by atoms with E-state index in [1.165, 1.54) is 13.4 Å². The Labute approximate surface area is 175 Å². The summed E-state index contributed by atoms with van der Waals surface area (Å²) in [5.41, 5.74) is 0.635. The average Bonchev–Trinajstić information content (AvgIpc) is 3.47. The molecule has 3 aromatic rings. The van der Waals surface area contributed by atoms with Crippen LogP contribution in [0, 0.1) is 6.92 Å². The van der Waals surface area contributed by atoms with E-state index < -0.39 is 23.7 Å². The Morgan fingerprint density at radius 1 is 1.20 bits per heavy atom. The normalized spacial score (nSPS) is 18.1. The molecule has 1 N–H and O–H groups in total. The van der Waals surface area contributed by atoms with Crippen molar-refractivity contribution in [1.82, 2.24) is 4.98 Å². The van der Waals surface area contributed by atoms with Gasteiger partial charge in [-0.3, -0.25) is 14.5 Å². The van der Waals surface area contributed by atoms with Gasteiger partial charge in [0.1, 0.15) is 22.4 Å². The largest absolute Gasteiger partial charge is 0.507 e. The van der Waals surface area contributed by atoms with Crippen molar-refractivity contribution < 1.29 is 28.6 Å². The van der Waals surface area contributed by atoms with Gasteiger partial charge in [-0.15, -0.1) is 0 Å². The number of aromatic nitrogens is 1. The zero-order valence-corrected chi connectivity index (χ0v) is 16.8. The second-order valence-electron chi connectivity index (χ2n) is 6.45. The molecule has 1 amide bonds. The summed E-state index contributed by atoms with van der Waals surface area (Å²) in [4.78, 5) is 43.5. The molecule has 0 spiro atoms. The molecule has 1 saturated heterocycles. The SMILES string of the molecule is COC(=O)c1sc(N2C(=O)C(=O)C(=C(O)c3ccccc3)C2c2ccco2)nc1C. The summed E-state index contributed by atoms with van der Waals surface area (Å²) >= 11 is 0.927. The third-order valence-electron chi connectivity index (χ3n) is 4.67. The number of nitrogens with zero attached hydrogens (tertiary/aromatic N) is 2. The number of methoxy groups -OCH3 is 1. The number of Topliss-reactive ketones (excluding diaryl/α,β-unsaturated/α-hetero) is 1. The van der Waals surface area contributed by atoms with Crippen LogP contribution in [-0.4, -0.2) is 34.9 Å². The average molecular weight is 424 g/mol. The highest BCUT2D eigenvalue weighted by Gasteiger charge is 2.49. The van der Waals surface area contributed by atoms with E-state index in [9.17, 15) is 19.5 Å². The van der Waals surface area contributed by atoms with E-state index >= 15 is 0 Å². The van der Waals surface area contributed by atoms with Crippen LogP contribution < -0.4 is 4.90 Å². The lowest BCUT2D eigenvalue weighted by atomic mass is 9.99. The number of ketones is 1. The molecule has 4 rings (SSSR count). The number of aliphatic hydroxyl groups is 1. The minimum Gasteiger partial charge on any atom is -0.507 e. The predicted molar refractivity (Wildman–Crippen MR) is 108 cm³/mol. The standard InChI is InChI=1S/C21H16N2O6S/c1-11-18(20(27)28-2)30-21(22-11)23-15(13-9-6-10-29-13)14(17(25)19(23)26)16(24)12-7-4-3-5-8-12/h3-10,15,24H,1-2H3. The number of carbonyl (C=O) groups is 3. The molecule has 9 heteroatoms. The van der Waals surface area contributed by atoms with Crippen molar-refractivity contribution in [3.05, 3.63) is 76.2 Å². The van der Waals surface area contributed by atoms with Crippen LogP contribution in [0.4, 0.5) is 5.13 Å². The zero-order chi connectivity index (χ0) is 21.4. The van der Waals surface area contributed by atoms with E-state index in [0.717, 1.165) is 16.2 Å².